The molecule has 0 saturated heterocycles. The van der Waals surface area contributed by atoms with E-state index in [2.05, 4.69) is 15.9 Å². The number of hydrogen-bond donors (Lipinski definition) is 0. The van der Waals surface area contributed by atoms with Crippen LogP contribution in [0.3, 0.4) is 0 Å². The molecule has 0 saturated carbocycles. The van der Waals surface area contributed by atoms with Gasteiger partial charge >= 0.3 is 0 Å². The van der Waals surface area contributed by atoms with Crippen LogP contribution in [-0.4, -0.2) is 12.4 Å². The summed E-state index contributed by atoms with van der Waals surface area (Å²) >= 11 is 3.17. The van der Waals surface area contributed by atoms with Gasteiger partial charge in [0.15, 0.2) is 5.78 Å². The van der Waals surface area contributed by atoms with Crippen LogP contribution in [0.1, 0.15) is 5.56 Å². The first-order chi connectivity index (χ1) is 9.13. The monoisotopic (exact) mass is 322 g/mol. The lowest BCUT2D eigenvalue weighted by atomic mass is 10.1. The van der Waals surface area contributed by atoms with Crippen LogP contribution in [0.15, 0.2) is 53.0 Å². The summed E-state index contributed by atoms with van der Waals surface area (Å²) in [6.07, 6.45) is 0.317. The number of carbonyl (C=O) groups excluding carboxylic acids is 1. The van der Waals surface area contributed by atoms with Crippen LogP contribution in [0.2, 0.25) is 0 Å². The first-order valence-electron chi connectivity index (χ1n) is 5.78. The van der Waals surface area contributed by atoms with E-state index in [1.54, 1.807) is 6.07 Å². The van der Waals surface area contributed by atoms with Gasteiger partial charge in [-0.2, -0.15) is 0 Å². The summed E-state index contributed by atoms with van der Waals surface area (Å²) in [5.41, 5.74) is 0.941. The van der Waals surface area contributed by atoms with E-state index in [1.165, 1.54) is 12.1 Å². The molecular weight excluding hydrogens is 311 g/mol. The van der Waals surface area contributed by atoms with Crippen molar-refractivity contribution in [3.63, 3.8) is 0 Å². The third kappa shape index (κ3) is 4.48. The molecule has 0 atom stereocenters. The van der Waals surface area contributed by atoms with Crippen molar-refractivity contribution in [3.05, 3.63) is 64.4 Å². The number of halogens is 2. The lowest BCUT2D eigenvalue weighted by molar-refractivity contribution is -0.120. The van der Waals surface area contributed by atoms with E-state index in [0.29, 0.717) is 16.6 Å². The maximum absolute atomic E-state index is 13.1. The Morgan fingerprint density at radius 1 is 1.16 bits per heavy atom. The molecular formula is C15H12BrFO2. The number of carbonyl (C=O) groups is 1. The van der Waals surface area contributed by atoms with E-state index in [4.69, 9.17) is 4.74 Å². The molecule has 2 nitrogen and oxygen atoms in total. The van der Waals surface area contributed by atoms with Gasteiger partial charge < -0.3 is 4.74 Å². The second-order valence-corrected chi connectivity index (χ2v) is 5.01. The average Bonchev–Trinajstić information content (AvgIpc) is 2.36. The van der Waals surface area contributed by atoms with Crippen molar-refractivity contribution < 1.29 is 13.9 Å². The van der Waals surface area contributed by atoms with Gasteiger partial charge in [0.2, 0.25) is 0 Å². The zero-order valence-electron chi connectivity index (χ0n) is 10.1. The van der Waals surface area contributed by atoms with Gasteiger partial charge in [0.1, 0.15) is 18.2 Å². The van der Waals surface area contributed by atoms with Crippen molar-refractivity contribution in [3.8, 4) is 5.75 Å². The second-order valence-electron chi connectivity index (χ2n) is 4.09. The Balaban J connectivity index is 1.90. The van der Waals surface area contributed by atoms with Crippen molar-refractivity contribution in [2.75, 3.05) is 6.61 Å². The Hall–Kier alpha value is -1.68. The third-order valence-corrected chi connectivity index (χ3v) is 2.94. The van der Waals surface area contributed by atoms with Crippen LogP contribution in [-0.2, 0) is 11.2 Å². The van der Waals surface area contributed by atoms with Gasteiger partial charge in [0.05, 0.1) is 0 Å². The molecule has 0 bridgehead atoms. The number of hydrogen-bond acceptors (Lipinski definition) is 2. The Labute approximate surface area is 119 Å². The van der Waals surface area contributed by atoms with Crippen LogP contribution in [0.25, 0.3) is 0 Å². The molecule has 0 heterocycles. The van der Waals surface area contributed by atoms with Crippen LogP contribution in [0.4, 0.5) is 4.39 Å². The molecule has 0 aliphatic heterocycles. The highest BCUT2D eigenvalue weighted by Crippen LogP contribution is 2.20. The quantitative estimate of drug-likeness (QED) is 0.837. The SMILES string of the molecule is O=C(COc1cc(F)cc(Br)c1)Cc1ccccc1. The topological polar surface area (TPSA) is 26.3 Å². The van der Waals surface area contributed by atoms with E-state index in [0.717, 1.165) is 5.56 Å². The molecule has 0 radical (unpaired) electrons. The standard InChI is InChI=1S/C15H12BrFO2/c16-12-7-13(17)9-15(8-12)19-10-14(18)6-11-4-2-1-3-5-11/h1-5,7-9H,6,10H2. The molecule has 98 valence electrons. The highest BCUT2D eigenvalue weighted by molar-refractivity contribution is 9.10. The second kappa shape index (κ2) is 6.48. The fraction of sp³-hybridized carbons (Fsp3) is 0.133. The minimum atomic E-state index is -0.403. The molecule has 2 aromatic carbocycles. The van der Waals surface area contributed by atoms with E-state index in [9.17, 15) is 9.18 Å². The minimum Gasteiger partial charge on any atom is -0.486 e. The van der Waals surface area contributed by atoms with Crippen LogP contribution in [0.5, 0.6) is 5.75 Å². The molecule has 2 aromatic rings. The fourth-order valence-corrected chi connectivity index (χ4v) is 2.09. The molecule has 0 spiro atoms. The molecule has 0 N–H and O–H groups in total. The van der Waals surface area contributed by atoms with Gasteiger partial charge in [-0.05, 0) is 17.7 Å². The lowest BCUT2D eigenvalue weighted by Gasteiger charge is -2.06. The zero-order chi connectivity index (χ0) is 13.7. The smallest absolute Gasteiger partial charge is 0.174 e. The maximum atomic E-state index is 13.1. The molecule has 0 aromatic heterocycles. The predicted octanol–water partition coefficient (Wildman–Crippen LogP) is 3.78. The van der Waals surface area contributed by atoms with Crippen molar-refractivity contribution in [2.45, 2.75) is 6.42 Å². The molecule has 4 heteroatoms. The Kier molecular flexibility index (Phi) is 4.68. The van der Waals surface area contributed by atoms with Crippen LogP contribution < -0.4 is 4.74 Å². The van der Waals surface area contributed by atoms with Gasteiger partial charge in [-0.1, -0.05) is 46.3 Å². The van der Waals surface area contributed by atoms with Gasteiger partial charge in [-0.3, -0.25) is 4.79 Å². The molecule has 19 heavy (non-hydrogen) atoms. The molecule has 0 aliphatic rings. The van der Waals surface area contributed by atoms with Gasteiger partial charge in [0.25, 0.3) is 0 Å². The summed E-state index contributed by atoms with van der Waals surface area (Å²) in [5, 5.41) is 0. The van der Waals surface area contributed by atoms with Gasteiger partial charge in [-0.15, -0.1) is 0 Å². The first kappa shape index (κ1) is 13.7. The first-order valence-corrected chi connectivity index (χ1v) is 6.57. The molecule has 2 rings (SSSR count). The van der Waals surface area contributed by atoms with Crippen molar-refractivity contribution in [1.82, 2.24) is 0 Å². The molecule has 0 amide bonds. The highest BCUT2D eigenvalue weighted by atomic mass is 79.9. The third-order valence-electron chi connectivity index (χ3n) is 2.48. The average molecular weight is 323 g/mol. The van der Waals surface area contributed by atoms with Crippen molar-refractivity contribution >= 4 is 21.7 Å². The zero-order valence-corrected chi connectivity index (χ0v) is 11.7. The number of rotatable bonds is 5. The fourth-order valence-electron chi connectivity index (χ4n) is 1.65. The summed E-state index contributed by atoms with van der Waals surface area (Å²) in [6, 6.07) is 13.6. The van der Waals surface area contributed by atoms with Crippen LogP contribution >= 0.6 is 15.9 Å². The summed E-state index contributed by atoms with van der Waals surface area (Å²) in [6.45, 7) is -0.0647. The Morgan fingerprint density at radius 3 is 2.58 bits per heavy atom. The van der Waals surface area contributed by atoms with E-state index in [-0.39, 0.29) is 12.4 Å². The number of benzene rings is 2. The Bertz CT molecular complexity index is 549. The highest BCUT2D eigenvalue weighted by Gasteiger charge is 2.06. The summed E-state index contributed by atoms with van der Waals surface area (Å²) in [4.78, 5) is 11.7. The maximum Gasteiger partial charge on any atom is 0.174 e. The largest absolute Gasteiger partial charge is 0.486 e. The lowest BCUT2D eigenvalue weighted by Crippen LogP contribution is -2.13. The van der Waals surface area contributed by atoms with Gasteiger partial charge in [-0.25, -0.2) is 4.39 Å². The normalized spacial score (nSPS) is 10.2. The van der Waals surface area contributed by atoms with Crippen molar-refractivity contribution in [1.29, 1.82) is 0 Å². The predicted molar refractivity (Wildman–Crippen MR) is 74.7 cm³/mol. The number of ketones is 1. The summed E-state index contributed by atoms with van der Waals surface area (Å²) in [7, 11) is 0. The summed E-state index contributed by atoms with van der Waals surface area (Å²) in [5.74, 6) is -0.111. The van der Waals surface area contributed by atoms with Crippen LogP contribution in [0, 0.1) is 5.82 Å². The van der Waals surface area contributed by atoms with Crippen molar-refractivity contribution in [2.24, 2.45) is 0 Å². The van der Waals surface area contributed by atoms with Gasteiger partial charge in [0, 0.05) is 17.0 Å². The number of Topliss-reactive ketones (excluding diaryl/α,β-unsaturated/α-hetero) is 1. The summed E-state index contributed by atoms with van der Waals surface area (Å²) < 4.78 is 19.0. The molecule has 0 unspecified atom stereocenters. The minimum absolute atomic E-state index is 0.0495. The van der Waals surface area contributed by atoms with E-state index in [1.807, 2.05) is 30.3 Å². The van der Waals surface area contributed by atoms with E-state index < -0.39 is 5.82 Å². The molecule has 0 aliphatic carbocycles. The Morgan fingerprint density at radius 2 is 1.89 bits per heavy atom. The molecule has 0 fully saturated rings. The van der Waals surface area contributed by atoms with E-state index >= 15 is 0 Å². The number of ether oxygens (including phenoxy) is 1.